The quantitative estimate of drug-likeness (QED) is 0.738. The van der Waals surface area contributed by atoms with Crippen molar-refractivity contribution in [3.05, 3.63) is 65.3 Å². The Morgan fingerprint density at radius 2 is 2.00 bits per heavy atom. The zero-order valence-corrected chi connectivity index (χ0v) is 15.0. The van der Waals surface area contributed by atoms with Crippen LogP contribution in [0, 0.1) is 0 Å². The SMILES string of the molecule is O=C(O)C(c1cccc2ccsc12)N1CCC(O)(c2cccnc2)CC1. The minimum Gasteiger partial charge on any atom is -0.480 e. The van der Waals surface area contributed by atoms with Crippen LogP contribution in [0.5, 0.6) is 0 Å². The summed E-state index contributed by atoms with van der Waals surface area (Å²) in [6, 6.07) is 10.8. The maximum absolute atomic E-state index is 12.1. The van der Waals surface area contributed by atoms with Gasteiger partial charge in [-0.15, -0.1) is 11.3 Å². The van der Waals surface area contributed by atoms with E-state index >= 15 is 0 Å². The molecule has 0 bridgehead atoms. The van der Waals surface area contributed by atoms with E-state index in [9.17, 15) is 15.0 Å². The Labute approximate surface area is 155 Å². The van der Waals surface area contributed by atoms with Crippen LogP contribution in [0.4, 0.5) is 0 Å². The number of fused-ring (bicyclic) bond motifs is 1. The van der Waals surface area contributed by atoms with Gasteiger partial charge in [0.25, 0.3) is 0 Å². The molecule has 3 heterocycles. The highest BCUT2D eigenvalue weighted by atomic mass is 32.1. The van der Waals surface area contributed by atoms with Crippen molar-refractivity contribution in [1.29, 1.82) is 0 Å². The Hall–Kier alpha value is -2.28. The number of likely N-dealkylation sites (tertiary alicyclic amines) is 1. The fraction of sp³-hybridized carbons (Fsp3) is 0.300. The number of carboxylic acid groups (broad SMARTS) is 1. The van der Waals surface area contributed by atoms with Crippen LogP contribution in [0.25, 0.3) is 10.1 Å². The molecule has 3 aromatic rings. The van der Waals surface area contributed by atoms with Crippen molar-refractivity contribution in [2.45, 2.75) is 24.5 Å². The summed E-state index contributed by atoms with van der Waals surface area (Å²) in [5.74, 6) is -0.849. The molecule has 1 aliphatic rings. The minimum absolute atomic E-state index is 0.489. The number of hydrogen-bond donors (Lipinski definition) is 2. The molecule has 1 aliphatic heterocycles. The van der Waals surface area contributed by atoms with Gasteiger partial charge in [0.1, 0.15) is 6.04 Å². The van der Waals surface area contributed by atoms with Crippen LogP contribution >= 0.6 is 11.3 Å². The maximum atomic E-state index is 12.1. The van der Waals surface area contributed by atoms with Crippen LogP contribution in [0.2, 0.25) is 0 Å². The van der Waals surface area contributed by atoms with Gasteiger partial charge < -0.3 is 10.2 Å². The third-order valence-electron chi connectivity index (χ3n) is 5.23. The summed E-state index contributed by atoms with van der Waals surface area (Å²) < 4.78 is 1.02. The van der Waals surface area contributed by atoms with E-state index in [1.54, 1.807) is 23.7 Å². The van der Waals surface area contributed by atoms with Crippen LogP contribution in [-0.4, -0.2) is 39.2 Å². The Balaban J connectivity index is 1.60. The van der Waals surface area contributed by atoms with Gasteiger partial charge in [-0.1, -0.05) is 24.3 Å². The van der Waals surface area contributed by atoms with Gasteiger partial charge in [0.15, 0.2) is 0 Å². The van der Waals surface area contributed by atoms with Crippen molar-refractivity contribution in [2.24, 2.45) is 0 Å². The molecule has 0 aliphatic carbocycles. The van der Waals surface area contributed by atoms with Gasteiger partial charge in [-0.2, -0.15) is 0 Å². The zero-order chi connectivity index (χ0) is 18.1. The van der Waals surface area contributed by atoms with Gasteiger partial charge in [0.2, 0.25) is 0 Å². The summed E-state index contributed by atoms with van der Waals surface area (Å²) in [6.45, 7) is 1.04. The highest BCUT2D eigenvalue weighted by molar-refractivity contribution is 7.17. The summed E-state index contributed by atoms with van der Waals surface area (Å²) in [7, 11) is 0. The Kier molecular flexibility index (Phi) is 4.48. The van der Waals surface area contributed by atoms with Gasteiger partial charge in [-0.25, -0.2) is 0 Å². The van der Waals surface area contributed by atoms with E-state index in [0.717, 1.165) is 21.2 Å². The number of rotatable bonds is 4. The highest BCUT2D eigenvalue weighted by Gasteiger charge is 2.39. The van der Waals surface area contributed by atoms with Crippen molar-refractivity contribution in [3.63, 3.8) is 0 Å². The van der Waals surface area contributed by atoms with Crippen LogP contribution in [0.15, 0.2) is 54.2 Å². The molecule has 1 saturated heterocycles. The summed E-state index contributed by atoms with van der Waals surface area (Å²) in [5.41, 5.74) is 0.687. The second kappa shape index (κ2) is 6.79. The van der Waals surface area contributed by atoms with E-state index < -0.39 is 17.6 Å². The van der Waals surface area contributed by atoms with Gasteiger partial charge >= 0.3 is 5.97 Å². The molecule has 1 unspecified atom stereocenters. The lowest BCUT2D eigenvalue weighted by Crippen LogP contribution is -2.46. The van der Waals surface area contributed by atoms with E-state index in [0.29, 0.717) is 25.9 Å². The molecule has 1 fully saturated rings. The Bertz CT molecular complexity index is 917. The molecule has 2 aromatic heterocycles. The lowest BCUT2D eigenvalue weighted by molar-refractivity contribution is -0.145. The molecule has 26 heavy (non-hydrogen) atoms. The van der Waals surface area contributed by atoms with Crippen LogP contribution < -0.4 is 0 Å². The third kappa shape index (κ3) is 3.00. The number of carboxylic acids is 1. The molecule has 2 N–H and O–H groups in total. The van der Waals surface area contributed by atoms with E-state index in [1.807, 2.05) is 46.7 Å². The summed E-state index contributed by atoms with van der Waals surface area (Å²) in [5, 5.41) is 24.0. The first-order valence-corrected chi connectivity index (χ1v) is 9.52. The predicted molar refractivity (Wildman–Crippen MR) is 101 cm³/mol. The molecule has 5 nitrogen and oxygen atoms in total. The van der Waals surface area contributed by atoms with Crippen molar-refractivity contribution >= 4 is 27.4 Å². The number of aromatic nitrogens is 1. The number of carbonyl (C=O) groups is 1. The lowest BCUT2D eigenvalue weighted by Gasteiger charge is -2.40. The highest BCUT2D eigenvalue weighted by Crippen LogP contribution is 2.38. The second-order valence-electron chi connectivity index (χ2n) is 6.74. The first-order valence-electron chi connectivity index (χ1n) is 8.64. The number of benzene rings is 1. The molecule has 1 atom stereocenters. The Morgan fingerprint density at radius 1 is 1.19 bits per heavy atom. The first-order chi connectivity index (χ1) is 12.6. The first kappa shape index (κ1) is 17.1. The van der Waals surface area contributed by atoms with Crippen LogP contribution in [0.3, 0.4) is 0 Å². The summed E-state index contributed by atoms with van der Waals surface area (Å²) in [4.78, 5) is 18.1. The summed E-state index contributed by atoms with van der Waals surface area (Å²) >= 11 is 1.57. The summed E-state index contributed by atoms with van der Waals surface area (Å²) in [6.07, 6.45) is 4.35. The topological polar surface area (TPSA) is 73.7 Å². The number of hydrogen-bond acceptors (Lipinski definition) is 5. The van der Waals surface area contributed by atoms with Crippen molar-refractivity contribution in [3.8, 4) is 0 Å². The molecule has 0 amide bonds. The monoisotopic (exact) mass is 368 g/mol. The lowest BCUT2D eigenvalue weighted by atomic mass is 9.84. The molecular weight excluding hydrogens is 348 g/mol. The third-order valence-corrected chi connectivity index (χ3v) is 6.21. The molecule has 0 radical (unpaired) electrons. The van der Waals surface area contributed by atoms with E-state index in [4.69, 9.17) is 0 Å². The smallest absolute Gasteiger partial charge is 0.325 e. The normalized spacial score (nSPS) is 18.7. The Morgan fingerprint density at radius 3 is 2.69 bits per heavy atom. The van der Waals surface area contributed by atoms with Gasteiger partial charge in [0, 0.05) is 35.7 Å². The van der Waals surface area contributed by atoms with Gasteiger partial charge in [-0.3, -0.25) is 14.7 Å². The van der Waals surface area contributed by atoms with Crippen molar-refractivity contribution in [2.75, 3.05) is 13.1 Å². The van der Waals surface area contributed by atoms with E-state index in [1.165, 1.54) is 0 Å². The molecular formula is C20H20N2O3S. The average molecular weight is 368 g/mol. The number of thiophene rings is 1. The maximum Gasteiger partial charge on any atom is 0.325 e. The van der Waals surface area contributed by atoms with Crippen LogP contribution in [0.1, 0.15) is 30.0 Å². The van der Waals surface area contributed by atoms with Crippen LogP contribution in [-0.2, 0) is 10.4 Å². The number of aliphatic carboxylic acids is 1. The van der Waals surface area contributed by atoms with Gasteiger partial charge in [-0.05, 0) is 41.3 Å². The number of nitrogens with zero attached hydrogens (tertiary/aromatic N) is 2. The fourth-order valence-electron chi connectivity index (χ4n) is 3.80. The number of piperidine rings is 1. The second-order valence-corrected chi connectivity index (χ2v) is 7.65. The van der Waals surface area contributed by atoms with Crippen molar-refractivity contribution in [1.82, 2.24) is 9.88 Å². The number of pyridine rings is 1. The number of aliphatic hydroxyl groups is 1. The standard InChI is InChI=1S/C20H20N2O3S/c23-19(24)17(16-5-1-3-14-6-12-26-18(14)16)22-10-7-20(25,8-11-22)15-4-2-9-21-13-15/h1-6,9,12-13,17,25H,7-8,10-11H2,(H,23,24). The molecule has 6 heteroatoms. The zero-order valence-electron chi connectivity index (χ0n) is 14.2. The predicted octanol–water partition coefficient (Wildman–Crippen LogP) is 3.41. The molecule has 4 rings (SSSR count). The largest absolute Gasteiger partial charge is 0.480 e. The fourth-order valence-corrected chi connectivity index (χ4v) is 4.73. The van der Waals surface area contributed by atoms with Gasteiger partial charge in [0.05, 0.1) is 5.60 Å². The van der Waals surface area contributed by atoms with E-state index in [-0.39, 0.29) is 0 Å². The van der Waals surface area contributed by atoms with E-state index in [2.05, 4.69) is 4.98 Å². The molecule has 1 aromatic carbocycles. The molecule has 134 valence electrons. The average Bonchev–Trinajstić information content (AvgIpc) is 3.14. The van der Waals surface area contributed by atoms with Crippen molar-refractivity contribution < 1.29 is 15.0 Å². The minimum atomic E-state index is -0.942. The molecule has 0 spiro atoms. The molecule has 0 saturated carbocycles.